The second-order valence-electron chi connectivity index (χ2n) is 5.32. The molecule has 0 aliphatic heterocycles. The molecule has 126 valence electrons. The molecule has 0 spiro atoms. The predicted molar refractivity (Wildman–Crippen MR) is 80.1 cm³/mol. The number of halogens is 3. The molecule has 0 atom stereocenters. The summed E-state index contributed by atoms with van der Waals surface area (Å²) < 4.78 is 56.1. The van der Waals surface area contributed by atoms with Crippen LogP contribution in [-0.4, -0.2) is 29.1 Å². The van der Waals surface area contributed by atoms with Gasteiger partial charge >= 0.3 is 8.80 Å². The summed E-state index contributed by atoms with van der Waals surface area (Å²) in [5.41, 5.74) is 0.172. The third-order valence-electron chi connectivity index (χ3n) is 3.31. The van der Waals surface area contributed by atoms with Crippen molar-refractivity contribution < 1.29 is 26.4 Å². The van der Waals surface area contributed by atoms with E-state index >= 15 is 0 Å². The minimum atomic E-state index is -2.71. The minimum Gasteiger partial charge on any atom is -0.377 e. The van der Waals surface area contributed by atoms with Gasteiger partial charge in [-0.3, -0.25) is 0 Å². The molecule has 0 aliphatic rings. The van der Waals surface area contributed by atoms with Crippen LogP contribution in [0, 0.1) is 17.5 Å². The average Bonchev–Trinajstić information content (AvgIpc) is 2.46. The highest BCUT2D eigenvalue weighted by molar-refractivity contribution is 6.60. The van der Waals surface area contributed by atoms with E-state index in [1.807, 2.05) is 13.8 Å². The first-order chi connectivity index (χ1) is 10.3. The third-order valence-corrected chi connectivity index (χ3v) is 6.35. The van der Waals surface area contributed by atoms with E-state index in [9.17, 15) is 13.2 Å². The first kappa shape index (κ1) is 19.2. The standard InChI is InChI=1S/C15H23F3O3Si/c1-11(2)21-22(19-3,20-4)8-6-5-7-12-9-14(17)15(18)10-13(12)16/h9-11H,5-8H2,1-4H3. The van der Waals surface area contributed by atoms with Crippen molar-refractivity contribution in [3.8, 4) is 0 Å². The van der Waals surface area contributed by atoms with Gasteiger partial charge in [-0.25, -0.2) is 13.2 Å². The normalized spacial score (nSPS) is 12.2. The maximum absolute atomic E-state index is 13.5. The molecule has 0 unspecified atom stereocenters. The van der Waals surface area contributed by atoms with Crippen LogP contribution in [0.25, 0.3) is 0 Å². The minimum absolute atomic E-state index is 0.0183. The molecule has 1 rings (SSSR count). The molecular formula is C15H23F3O3Si. The van der Waals surface area contributed by atoms with Crippen molar-refractivity contribution in [1.82, 2.24) is 0 Å². The van der Waals surface area contributed by atoms with Gasteiger partial charge < -0.3 is 13.3 Å². The molecule has 0 fully saturated rings. The highest BCUT2D eigenvalue weighted by Gasteiger charge is 2.39. The van der Waals surface area contributed by atoms with Crippen LogP contribution in [0.4, 0.5) is 13.2 Å². The number of benzene rings is 1. The van der Waals surface area contributed by atoms with Crippen LogP contribution in [0.15, 0.2) is 12.1 Å². The maximum Gasteiger partial charge on any atom is 0.500 e. The lowest BCUT2D eigenvalue weighted by Crippen LogP contribution is -2.45. The highest BCUT2D eigenvalue weighted by atomic mass is 28.4. The summed E-state index contributed by atoms with van der Waals surface area (Å²) in [5.74, 6) is -2.92. The molecule has 1 aromatic rings. The number of hydrogen-bond acceptors (Lipinski definition) is 3. The Balaban J connectivity index is 2.55. The Labute approximate surface area is 130 Å². The molecule has 1 aromatic carbocycles. The van der Waals surface area contributed by atoms with Crippen LogP contribution in [0.3, 0.4) is 0 Å². The second-order valence-corrected chi connectivity index (χ2v) is 8.24. The summed E-state index contributed by atoms with van der Waals surface area (Å²) >= 11 is 0. The Kier molecular flexibility index (Phi) is 7.54. The van der Waals surface area contributed by atoms with Crippen molar-refractivity contribution in [3.63, 3.8) is 0 Å². The number of rotatable bonds is 9. The van der Waals surface area contributed by atoms with Gasteiger partial charge in [-0.2, -0.15) is 0 Å². The number of hydrogen-bond donors (Lipinski definition) is 0. The van der Waals surface area contributed by atoms with Crippen LogP contribution in [-0.2, 0) is 19.7 Å². The van der Waals surface area contributed by atoms with E-state index in [0.717, 1.165) is 6.07 Å². The zero-order valence-corrected chi connectivity index (χ0v) is 14.4. The van der Waals surface area contributed by atoms with Gasteiger partial charge in [0.15, 0.2) is 11.6 Å². The lowest BCUT2D eigenvalue weighted by molar-refractivity contribution is 0.0694. The Morgan fingerprint density at radius 1 is 0.955 bits per heavy atom. The number of unbranched alkanes of at least 4 members (excludes halogenated alkanes) is 1. The predicted octanol–water partition coefficient (Wildman–Crippen LogP) is 4.08. The first-order valence-corrected chi connectivity index (χ1v) is 9.18. The van der Waals surface area contributed by atoms with Gasteiger partial charge in [0.2, 0.25) is 0 Å². The van der Waals surface area contributed by atoms with Crippen LogP contribution in [0.2, 0.25) is 6.04 Å². The largest absolute Gasteiger partial charge is 0.500 e. The third kappa shape index (κ3) is 5.39. The quantitative estimate of drug-likeness (QED) is 0.386. The fourth-order valence-corrected chi connectivity index (χ4v) is 4.50. The lowest BCUT2D eigenvalue weighted by Gasteiger charge is -2.28. The van der Waals surface area contributed by atoms with E-state index < -0.39 is 26.3 Å². The van der Waals surface area contributed by atoms with Gasteiger partial charge in [0, 0.05) is 32.4 Å². The van der Waals surface area contributed by atoms with E-state index in [1.54, 1.807) is 14.2 Å². The van der Waals surface area contributed by atoms with E-state index in [2.05, 4.69) is 0 Å². The Bertz CT molecular complexity index is 479. The topological polar surface area (TPSA) is 27.7 Å². The van der Waals surface area contributed by atoms with Crippen molar-refractivity contribution in [1.29, 1.82) is 0 Å². The fourth-order valence-electron chi connectivity index (χ4n) is 2.21. The summed E-state index contributed by atoms with van der Waals surface area (Å²) in [6.07, 6.45) is 1.59. The van der Waals surface area contributed by atoms with Crippen molar-refractivity contribution >= 4 is 8.80 Å². The molecule has 0 bridgehead atoms. The molecule has 0 radical (unpaired) electrons. The zero-order chi connectivity index (χ0) is 16.8. The lowest BCUT2D eigenvalue weighted by atomic mass is 10.1. The molecule has 22 heavy (non-hydrogen) atoms. The van der Waals surface area contributed by atoms with Crippen LogP contribution in [0.1, 0.15) is 32.3 Å². The Morgan fingerprint density at radius 3 is 2.09 bits per heavy atom. The summed E-state index contributed by atoms with van der Waals surface area (Å²) in [5, 5.41) is 0. The van der Waals surface area contributed by atoms with Crippen molar-refractivity contribution in [2.45, 2.75) is 45.3 Å². The van der Waals surface area contributed by atoms with E-state index in [-0.39, 0.29) is 11.7 Å². The Hall–Kier alpha value is -0.893. The summed E-state index contributed by atoms with van der Waals surface area (Å²) in [6, 6.07) is 2.08. The second kappa shape index (κ2) is 8.66. The monoisotopic (exact) mass is 336 g/mol. The van der Waals surface area contributed by atoms with Gasteiger partial charge in [-0.05, 0) is 44.7 Å². The fraction of sp³-hybridized carbons (Fsp3) is 0.600. The van der Waals surface area contributed by atoms with Gasteiger partial charge in [0.25, 0.3) is 0 Å². The number of aryl methyl sites for hydroxylation is 1. The molecule has 0 N–H and O–H groups in total. The van der Waals surface area contributed by atoms with E-state index in [0.29, 0.717) is 31.4 Å². The molecule has 0 saturated carbocycles. The van der Waals surface area contributed by atoms with E-state index in [4.69, 9.17) is 13.3 Å². The average molecular weight is 336 g/mol. The first-order valence-electron chi connectivity index (χ1n) is 7.25. The zero-order valence-electron chi connectivity index (χ0n) is 13.4. The van der Waals surface area contributed by atoms with Crippen molar-refractivity contribution in [3.05, 3.63) is 35.1 Å². The van der Waals surface area contributed by atoms with Crippen molar-refractivity contribution in [2.75, 3.05) is 14.2 Å². The molecule has 0 amide bonds. The van der Waals surface area contributed by atoms with Gasteiger partial charge in [-0.1, -0.05) is 0 Å². The molecule has 7 heteroatoms. The van der Waals surface area contributed by atoms with Crippen molar-refractivity contribution in [2.24, 2.45) is 0 Å². The van der Waals surface area contributed by atoms with Gasteiger partial charge in [0.05, 0.1) is 0 Å². The molecular weight excluding hydrogens is 313 g/mol. The smallest absolute Gasteiger partial charge is 0.377 e. The van der Waals surface area contributed by atoms with Crippen LogP contribution < -0.4 is 0 Å². The van der Waals surface area contributed by atoms with E-state index in [1.165, 1.54) is 0 Å². The van der Waals surface area contributed by atoms with Crippen LogP contribution in [0.5, 0.6) is 0 Å². The highest BCUT2D eigenvalue weighted by Crippen LogP contribution is 2.21. The molecule has 0 heterocycles. The molecule has 0 aromatic heterocycles. The van der Waals surface area contributed by atoms with Gasteiger partial charge in [-0.15, -0.1) is 0 Å². The maximum atomic E-state index is 13.5. The molecule has 0 aliphatic carbocycles. The van der Waals surface area contributed by atoms with Crippen LogP contribution >= 0.6 is 0 Å². The molecule has 3 nitrogen and oxygen atoms in total. The van der Waals surface area contributed by atoms with Gasteiger partial charge in [0.1, 0.15) is 5.82 Å². The summed E-state index contributed by atoms with van der Waals surface area (Å²) in [6.45, 7) is 3.80. The summed E-state index contributed by atoms with van der Waals surface area (Å²) in [4.78, 5) is 0. The Morgan fingerprint density at radius 2 is 1.55 bits per heavy atom. The molecule has 0 saturated heterocycles. The SMILES string of the molecule is CO[Si](CCCCc1cc(F)c(F)cc1F)(OC)OC(C)C. The summed E-state index contributed by atoms with van der Waals surface area (Å²) in [7, 11) is 0.391.